The maximum atomic E-state index is 13.4. The number of carbonyl (C=O) groups is 2. The molecule has 0 fully saturated rings. The summed E-state index contributed by atoms with van der Waals surface area (Å²) in [6.45, 7) is -0.213. The summed E-state index contributed by atoms with van der Waals surface area (Å²) in [5, 5.41) is 2.07. The van der Waals surface area contributed by atoms with Gasteiger partial charge < -0.3 is 11.1 Å². The van der Waals surface area contributed by atoms with Crippen molar-refractivity contribution in [3.8, 4) is 0 Å². The van der Waals surface area contributed by atoms with E-state index in [9.17, 15) is 14.0 Å². The molecule has 0 heterocycles. The summed E-state index contributed by atoms with van der Waals surface area (Å²) in [4.78, 5) is 23.8. The zero-order chi connectivity index (χ0) is 15.4. The summed E-state index contributed by atoms with van der Waals surface area (Å²) in [7, 11) is 0. The lowest BCUT2D eigenvalue weighted by Crippen LogP contribution is -2.30. The molecule has 108 valence electrons. The highest BCUT2D eigenvalue weighted by atomic mass is 35.5. The molecule has 4 nitrogen and oxygen atoms in total. The quantitative estimate of drug-likeness (QED) is 0.674. The van der Waals surface area contributed by atoms with E-state index < -0.39 is 11.7 Å². The molecule has 0 atom stereocenters. The van der Waals surface area contributed by atoms with Gasteiger partial charge in [-0.2, -0.15) is 0 Å². The monoisotopic (exact) mass is 306 g/mol. The van der Waals surface area contributed by atoms with Crippen molar-refractivity contribution < 1.29 is 14.0 Å². The van der Waals surface area contributed by atoms with Gasteiger partial charge in [-0.15, -0.1) is 0 Å². The average molecular weight is 307 g/mol. The van der Waals surface area contributed by atoms with Gasteiger partial charge in [0, 0.05) is 11.3 Å². The number of rotatable bonds is 4. The number of amides is 1. The molecule has 6 heteroatoms. The lowest BCUT2D eigenvalue weighted by molar-refractivity contribution is 0.0904. The van der Waals surface area contributed by atoms with Gasteiger partial charge in [0.15, 0.2) is 5.78 Å². The summed E-state index contributed by atoms with van der Waals surface area (Å²) in [5.41, 5.74) is 5.92. The number of hydrogen-bond acceptors (Lipinski definition) is 3. The fourth-order valence-electron chi connectivity index (χ4n) is 1.76. The summed E-state index contributed by atoms with van der Waals surface area (Å²) in [6, 6.07) is 10.8. The van der Waals surface area contributed by atoms with Gasteiger partial charge in [-0.3, -0.25) is 9.59 Å². The summed E-state index contributed by atoms with van der Waals surface area (Å²) in [6.07, 6.45) is 0. The fourth-order valence-corrected chi connectivity index (χ4v) is 1.95. The summed E-state index contributed by atoms with van der Waals surface area (Å²) >= 11 is 5.72. The van der Waals surface area contributed by atoms with Crippen LogP contribution in [0.25, 0.3) is 0 Å². The van der Waals surface area contributed by atoms with Crippen molar-refractivity contribution in [2.75, 3.05) is 12.3 Å². The zero-order valence-electron chi connectivity index (χ0n) is 10.9. The third-order valence-electron chi connectivity index (χ3n) is 2.80. The molecule has 21 heavy (non-hydrogen) atoms. The Bertz CT molecular complexity index is 690. The van der Waals surface area contributed by atoms with Crippen molar-refractivity contribution in [2.24, 2.45) is 0 Å². The lowest BCUT2D eigenvalue weighted by Gasteiger charge is -2.08. The molecule has 2 aromatic rings. The average Bonchev–Trinajstić information content (AvgIpc) is 2.49. The van der Waals surface area contributed by atoms with Crippen LogP contribution in [-0.2, 0) is 0 Å². The molecule has 0 aliphatic rings. The molecule has 1 amide bonds. The van der Waals surface area contributed by atoms with E-state index in [0.29, 0.717) is 5.56 Å². The predicted molar refractivity (Wildman–Crippen MR) is 78.9 cm³/mol. The molecular weight excluding hydrogens is 295 g/mol. The van der Waals surface area contributed by atoms with Crippen LogP contribution in [0.5, 0.6) is 0 Å². The minimum Gasteiger partial charge on any atom is -0.399 e. The van der Waals surface area contributed by atoms with Crippen LogP contribution in [-0.4, -0.2) is 18.2 Å². The highest BCUT2D eigenvalue weighted by Gasteiger charge is 2.16. The van der Waals surface area contributed by atoms with E-state index >= 15 is 0 Å². The molecule has 0 bridgehead atoms. The Hall–Kier alpha value is -2.40. The van der Waals surface area contributed by atoms with E-state index in [1.807, 2.05) is 0 Å². The van der Waals surface area contributed by atoms with Gasteiger partial charge in [0.25, 0.3) is 5.91 Å². The van der Waals surface area contributed by atoms with Gasteiger partial charge >= 0.3 is 0 Å². The number of halogens is 2. The molecule has 0 spiro atoms. The normalized spacial score (nSPS) is 10.2. The first kappa shape index (κ1) is 15.0. The molecule has 0 saturated carbocycles. The Morgan fingerprint density at radius 1 is 1.19 bits per heavy atom. The standard InChI is InChI=1S/C15H12ClFN2O2/c16-14-11(6-10(18)7-12(14)17)15(21)19-8-13(20)9-4-2-1-3-5-9/h1-7H,8,18H2,(H,19,21). The van der Waals surface area contributed by atoms with E-state index in [4.69, 9.17) is 17.3 Å². The van der Waals surface area contributed by atoms with Crippen molar-refractivity contribution >= 4 is 29.0 Å². The van der Waals surface area contributed by atoms with E-state index in [-0.39, 0.29) is 28.6 Å². The minimum atomic E-state index is -0.781. The number of Topliss-reactive ketones (excluding diaryl/α,β-unsaturated/α-hetero) is 1. The van der Waals surface area contributed by atoms with Crippen LogP contribution in [0, 0.1) is 5.82 Å². The van der Waals surface area contributed by atoms with Gasteiger partial charge in [-0.05, 0) is 12.1 Å². The third-order valence-corrected chi connectivity index (χ3v) is 3.18. The van der Waals surface area contributed by atoms with Gasteiger partial charge in [-0.1, -0.05) is 41.9 Å². The van der Waals surface area contributed by atoms with Crippen molar-refractivity contribution in [2.45, 2.75) is 0 Å². The van der Waals surface area contributed by atoms with Crippen LogP contribution in [0.1, 0.15) is 20.7 Å². The predicted octanol–water partition coefficient (Wildman–Crippen LogP) is 2.67. The van der Waals surface area contributed by atoms with Crippen molar-refractivity contribution in [1.29, 1.82) is 0 Å². The second kappa shape index (κ2) is 6.37. The molecule has 3 N–H and O–H groups in total. The zero-order valence-corrected chi connectivity index (χ0v) is 11.7. The maximum Gasteiger partial charge on any atom is 0.253 e. The number of benzene rings is 2. The van der Waals surface area contributed by atoms with Crippen LogP contribution in [0.4, 0.5) is 10.1 Å². The Balaban J connectivity index is 2.08. The number of nitrogens with one attached hydrogen (secondary N) is 1. The van der Waals surface area contributed by atoms with Crippen LogP contribution in [0.3, 0.4) is 0 Å². The number of nitrogens with two attached hydrogens (primary N) is 1. The van der Waals surface area contributed by atoms with Crippen LogP contribution >= 0.6 is 11.6 Å². The summed E-state index contributed by atoms with van der Waals surface area (Å²) < 4.78 is 13.4. The van der Waals surface area contributed by atoms with Crippen LogP contribution in [0.15, 0.2) is 42.5 Å². The Labute approximate surface area is 125 Å². The van der Waals surface area contributed by atoms with Crippen molar-refractivity contribution in [3.63, 3.8) is 0 Å². The van der Waals surface area contributed by atoms with E-state index in [1.165, 1.54) is 6.07 Å². The van der Waals surface area contributed by atoms with Crippen LogP contribution in [0.2, 0.25) is 5.02 Å². The van der Waals surface area contributed by atoms with E-state index in [1.54, 1.807) is 30.3 Å². The highest BCUT2D eigenvalue weighted by molar-refractivity contribution is 6.34. The van der Waals surface area contributed by atoms with Crippen molar-refractivity contribution in [1.82, 2.24) is 5.32 Å². The number of carbonyl (C=O) groups excluding carboxylic acids is 2. The lowest BCUT2D eigenvalue weighted by atomic mass is 10.1. The second-order valence-electron chi connectivity index (χ2n) is 4.34. The molecule has 0 unspecified atom stereocenters. The number of ketones is 1. The Kier molecular flexibility index (Phi) is 4.55. The first-order chi connectivity index (χ1) is 9.99. The van der Waals surface area contributed by atoms with E-state index in [2.05, 4.69) is 5.32 Å². The third kappa shape index (κ3) is 3.58. The van der Waals surface area contributed by atoms with Gasteiger partial charge in [-0.25, -0.2) is 4.39 Å². The molecule has 0 radical (unpaired) electrons. The highest BCUT2D eigenvalue weighted by Crippen LogP contribution is 2.23. The minimum absolute atomic E-state index is 0.0800. The molecule has 2 rings (SSSR count). The largest absolute Gasteiger partial charge is 0.399 e. The first-order valence-electron chi connectivity index (χ1n) is 6.10. The summed E-state index contributed by atoms with van der Waals surface area (Å²) in [5.74, 6) is -1.70. The molecule has 0 aliphatic carbocycles. The number of anilines is 1. The maximum absolute atomic E-state index is 13.4. The Morgan fingerprint density at radius 2 is 1.86 bits per heavy atom. The van der Waals surface area contributed by atoms with Crippen molar-refractivity contribution in [3.05, 3.63) is 64.4 Å². The molecule has 0 saturated heterocycles. The molecular formula is C15H12ClFN2O2. The molecule has 2 aromatic carbocycles. The van der Waals surface area contributed by atoms with Gasteiger partial charge in [0.2, 0.25) is 0 Å². The van der Waals surface area contributed by atoms with Gasteiger partial charge in [0.1, 0.15) is 5.82 Å². The Morgan fingerprint density at radius 3 is 2.52 bits per heavy atom. The number of nitrogen functional groups attached to an aromatic ring is 1. The molecule has 0 aliphatic heterocycles. The second-order valence-corrected chi connectivity index (χ2v) is 4.71. The molecule has 0 aromatic heterocycles. The number of hydrogen-bond donors (Lipinski definition) is 2. The van der Waals surface area contributed by atoms with Crippen LogP contribution < -0.4 is 11.1 Å². The van der Waals surface area contributed by atoms with Gasteiger partial charge in [0.05, 0.1) is 17.1 Å². The fraction of sp³-hybridized carbons (Fsp3) is 0.0667. The first-order valence-corrected chi connectivity index (χ1v) is 6.48. The SMILES string of the molecule is Nc1cc(F)c(Cl)c(C(=O)NCC(=O)c2ccccc2)c1. The smallest absolute Gasteiger partial charge is 0.253 e. The van der Waals surface area contributed by atoms with E-state index in [0.717, 1.165) is 6.07 Å². The topological polar surface area (TPSA) is 72.2 Å².